The van der Waals surface area contributed by atoms with Crippen LogP contribution in [0.15, 0.2) is 29.2 Å². The summed E-state index contributed by atoms with van der Waals surface area (Å²) in [7, 11) is -3.66. The average molecular weight is 394 g/mol. The molecule has 3 rings (SSSR count). The van der Waals surface area contributed by atoms with Gasteiger partial charge >= 0.3 is 0 Å². The standard InChI is InChI=1S/C20H31N3O3S/c21-27(25,26)18-10-8-16(9-11-18)12-13-22-20(24)15-23-14-4-7-19(23)17-5-2-1-3-6-17/h8-11,17,19H,1-7,12-15H2,(H,22,24)(H2,21,25,26)/t19-/m0/s1. The van der Waals surface area contributed by atoms with Gasteiger partial charge in [-0.05, 0) is 62.3 Å². The number of sulfonamides is 1. The van der Waals surface area contributed by atoms with Gasteiger partial charge in [-0.25, -0.2) is 13.6 Å². The second-order valence-electron chi connectivity index (χ2n) is 7.87. The number of benzene rings is 1. The maximum Gasteiger partial charge on any atom is 0.238 e. The molecule has 3 N–H and O–H groups in total. The number of carbonyl (C=O) groups is 1. The summed E-state index contributed by atoms with van der Waals surface area (Å²) in [6.07, 6.45) is 9.77. The number of nitrogens with one attached hydrogen (secondary N) is 1. The van der Waals surface area contributed by atoms with Gasteiger partial charge in [-0.2, -0.15) is 0 Å². The third-order valence-electron chi connectivity index (χ3n) is 5.94. The number of nitrogens with zero attached hydrogens (tertiary/aromatic N) is 1. The van der Waals surface area contributed by atoms with E-state index >= 15 is 0 Å². The molecular weight excluding hydrogens is 362 g/mol. The van der Waals surface area contributed by atoms with E-state index in [0.717, 1.165) is 18.0 Å². The summed E-state index contributed by atoms with van der Waals surface area (Å²) < 4.78 is 22.5. The molecule has 1 aliphatic heterocycles. The highest BCUT2D eigenvalue weighted by molar-refractivity contribution is 7.89. The molecule has 1 saturated heterocycles. The number of primary sulfonamides is 1. The van der Waals surface area contributed by atoms with Crippen LogP contribution in [0.2, 0.25) is 0 Å². The van der Waals surface area contributed by atoms with E-state index in [1.165, 1.54) is 57.1 Å². The summed E-state index contributed by atoms with van der Waals surface area (Å²) in [5.41, 5.74) is 0.976. The zero-order valence-corrected chi connectivity index (χ0v) is 16.7. The SMILES string of the molecule is NS(=O)(=O)c1ccc(CCNC(=O)CN2CCC[C@H]2C2CCCCC2)cc1. The first-order valence-electron chi connectivity index (χ1n) is 10.1. The van der Waals surface area contributed by atoms with Gasteiger partial charge in [0.15, 0.2) is 0 Å². The van der Waals surface area contributed by atoms with E-state index in [1.54, 1.807) is 12.1 Å². The van der Waals surface area contributed by atoms with Crippen LogP contribution in [-0.4, -0.2) is 44.9 Å². The molecule has 1 amide bonds. The fraction of sp³-hybridized carbons (Fsp3) is 0.650. The Morgan fingerprint density at radius 1 is 1.07 bits per heavy atom. The highest BCUT2D eigenvalue weighted by Gasteiger charge is 2.33. The van der Waals surface area contributed by atoms with Crippen LogP contribution in [0.25, 0.3) is 0 Å². The van der Waals surface area contributed by atoms with E-state index in [9.17, 15) is 13.2 Å². The lowest BCUT2D eigenvalue weighted by molar-refractivity contribution is -0.122. The van der Waals surface area contributed by atoms with Gasteiger partial charge in [0.25, 0.3) is 0 Å². The largest absolute Gasteiger partial charge is 0.355 e. The molecule has 0 bridgehead atoms. The number of amides is 1. The van der Waals surface area contributed by atoms with Gasteiger partial charge in [-0.3, -0.25) is 9.69 Å². The second kappa shape index (κ2) is 9.17. The first-order chi connectivity index (χ1) is 12.9. The Labute approximate surface area is 162 Å². The zero-order chi connectivity index (χ0) is 19.3. The normalized spacial score (nSPS) is 22.0. The molecule has 7 heteroatoms. The maximum absolute atomic E-state index is 12.4. The fourth-order valence-electron chi connectivity index (χ4n) is 4.53. The van der Waals surface area contributed by atoms with Crippen molar-refractivity contribution in [2.45, 2.75) is 62.3 Å². The van der Waals surface area contributed by atoms with Crippen molar-refractivity contribution >= 4 is 15.9 Å². The lowest BCUT2D eigenvalue weighted by atomic mass is 9.83. The van der Waals surface area contributed by atoms with Crippen LogP contribution >= 0.6 is 0 Å². The maximum atomic E-state index is 12.4. The van der Waals surface area contributed by atoms with E-state index in [4.69, 9.17) is 5.14 Å². The number of nitrogens with two attached hydrogens (primary N) is 1. The molecule has 0 unspecified atom stereocenters. The average Bonchev–Trinajstić information content (AvgIpc) is 3.10. The lowest BCUT2D eigenvalue weighted by Gasteiger charge is -2.33. The first-order valence-corrected chi connectivity index (χ1v) is 11.6. The van der Waals surface area contributed by atoms with E-state index < -0.39 is 10.0 Å². The van der Waals surface area contributed by atoms with Crippen LogP contribution in [0, 0.1) is 5.92 Å². The van der Waals surface area contributed by atoms with Crippen LogP contribution in [0.4, 0.5) is 0 Å². The number of hydrogen-bond donors (Lipinski definition) is 2. The summed E-state index contributed by atoms with van der Waals surface area (Å²) in [5, 5.41) is 8.10. The minimum Gasteiger partial charge on any atom is -0.355 e. The molecule has 2 fully saturated rings. The molecule has 1 atom stereocenters. The third-order valence-corrected chi connectivity index (χ3v) is 6.87. The van der Waals surface area contributed by atoms with Crippen molar-refractivity contribution in [3.8, 4) is 0 Å². The third kappa shape index (κ3) is 5.77. The van der Waals surface area contributed by atoms with Gasteiger partial charge in [-0.1, -0.05) is 31.4 Å². The highest BCUT2D eigenvalue weighted by Crippen LogP contribution is 2.33. The van der Waals surface area contributed by atoms with Crippen LogP contribution in [0.1, 0.15) is 50.5 Å². The molecule has 150 valence electrons. The van der Waals surface area contributed by atoms with Gasteiger partial charge < -0.3 is 5.32 Å². The van der Waals surface area contributed by atoms with E-state index in [0.29, 0.717) is 25.6 Å². The van der Waals surface area contributed by atoms with E-state index in [1.807, 2.05) is 0 Å². The molecule has 1 aromatic rings. The van der Waals surface area contributed by atoms with Crippen molar-refractivity contribution in [2.24, 2.45) is 11.1 Å². The Kier molecular flexibility index (Phi) is 6.89. The summed E-state index contributed by atoms with van der Waals surface area (Å²) in [6, 6.07) is 7.08. The topological polar surface area (TPSA) is 92.5 Å². The molecule has 0 radical (unpaired) electrons. The van der Waals surface area contributed by atoms with Crippen molar-refractivity contribution in [3.63, 3.8) is 0 Å². The monoisotopic (exact) mass is 393 g/mol. The molecule has 0 spiro atoms. The molecule has 27 heavy (non-hydrogen) atoms. The fourth-order valence-corrected chi connectivity index (χ4v) is 5.05. The molecular formula is C20H31N3O3S. The van der Waals surface area contributed by atoms with Gasteiger partial charge in [0, 0.05) is 12.6 Å². The van der Waals surface area contributed by atoms with Gasteiger partial charge in [0.05, 0.1) is 11.4 Å². The lowest BCUT2D eigenvalue weighted by Crippen LogP contribution is -2.43. The van der Waals surface area contributed by atoms with Crippen LogP contribution < -0.4 is 10.5 Å². The minimum absolute atomic E-state index is 0.0823. The first kappa shape index (κ1) is 20.3. The quantitative estimate of drug-likeness (QED) is 0.741. The van der Waals surface area contributed by atoms with Gasteiger partial charge in [0.2, 0.25) is 15.9 Å². The number of hydrogen-bond acceptors (Lipinski definition) is 4. The molecule has 2 aliphatic rings. The highest BCUT2D eigenvalue weighted by atomic mass is 32.2. The smallest absolute Gasteiger partial charge is 0.238 e. The molecule has 1 aliphatic carbocycles. The van der Waals surface area contributed by atoms with Crippen molar-refractivity contribution in [1.82, 2.24) is 10.2 Å². The van der Waals surface area contributed by atoms with E-state index in [-0.39, 0.29) is 10.8 Å². The summed E-state index contributed by atoms with van der Waals surface area (Å²) >= 11 is 0. The van der Waals surface area contributed by atoms with Crippen LogP contribution in [-0.2, 0) is 21.2 Å². The second-order valence-corrected chi connectivity index (χ2v) is 9.43. The summed E-state index contributed by atoms with van der Waals surface area (Å²) in [6.45, 7) is 2.07. The molecule has 1 saturated carbocycles. The predicted molar refractivity (Wildman–Crippen MR) is 106 cm³/mol. The Morgan fingerprint density at radius 3 is 2.44 bits per heavy atom. The minimum atomic E-state index is -3.66. The van der Waals surface area contributed by atoms with Crippen LogP contribution in [0.5, 0.6) is 0 Å². The molecule has 1 aromatic carbocycles. The number of carbonyl (C=O) groups excluding carboxylic acids is 1. The van der Waals surface area contributed by atoms with Crippen LogP contribution in [0.3, 0.4) is 0 Å². The summed E-state index contributed by atoms with van der Waals surface area (Å²) in [5.74, 6) is 0.852. The molecule has 1 heterocycles. The number of likely N-dealkylation sites (tertiary alicyclic amines) is 1. The van der Waals surface area contributed by atoms with Gasteiger partial charge in [0.1, 0.15) is 0 Å². The molecule has 6 nitrogen and oxygen atoms in total. The summed E-state index contributed by atoms with van der Waals surface area (Å²) in [4.78, 5) is 14.8. The van der Waals surface area contributed by atoms with Crippen molar-refractivity contribution in [1.29, 1.82) is 0 Å². The number of rotatable bonds is 7. The predicted octanol–water partition coefficient (Wildman–Crippen LogP) is 2.04. The van der Waals surface area contributed by atoms with Crippen molar-refractivity contribution in [3.05, 3.63) is 29.8 Å². The molecule has 0 aromatic heterocycles. The Morgan fingerprint density at radius 2 is 1.78 bits per heavy atom. The van der Waals surface area contributed by atoms with Gasteiger partial charge in [-0.15, -0.1) is 0 Å². The van der Waals surface area contributed by atoms with E-state index in [2.05, 4.69) is 10.2 Å². The van der Waals surface area contributed by atoms with Crippen molar-refractivity contribution in [2.75, 3.05) is 19.6 Å². The Bertz CT molecular complexity index is 727. The Balaban J connectivity index is 1.42. The van der Waals surface area contributed by atoms with Crippen molar-refractivity contribution < 1.29 is 13.2 Å². The Hall–Kier alpha value is -1.44. The zero-order valence-electron chi connectivity index (χ0n) is 15.9.